The third kappa shape index (κ3) is 1.72. The number of anilines is 3. The molecule has 0 saturated carbocycles. The number of aryl methyl sites for hydroxylation is 1. The van der Waals surface area contributed by atoms with E-state index in [4.69, 9.17) is 0 Å². The van der Waals surface area contributed by atoms with Gasteiger partial charge < -0.3 is 5.32 Å². The Labute approximate surface area is 108 Å². The minimum Gasteiger partial charge on any atom is -0.388 e. The zero-order valence-corrected chi connectivity index (χ0v) is 10.6. The van der Waals surface area contributed by atoms with Gasteiger partial charge in [0, 0.05) is 30.7 Å². The molecular weight excluding hydrogens is 250 g/mol. The van der Waals surface area contributed by atoms with E-state index in [2.05, 4.69) is 26.2 Å². The van der Waals surface area contributed by atoms with E-state index in [1.165, 1.54) is 0 Å². The van der Waals surface area contributed by atoms with E-state index >= 15 is 0 Å². The Balaban J connectivity index is 2.09. The molecule has 0 saturated heterocycles. The number of carbonyl (C=O) groups excluding carboxylic acids is 1. The topological polar surface area (TPSA) is 71.0 Å². The van der Waals surface area contributed by atoms with Crippen LogP contribution in [0.4, 0.5) is 16.5 Å². The molecule has 6 nitrogen and oxygen atoms in total. The molecule has 1 aromatic heterocycles. The summed E-state index contributed by atoms with van der Waals surface area (Å²) in [6.07, 6.45) is 1.24. The minimum absolute atomic E-state index is 0.0401. The first-order valence-corrected chi connectivity index (χ1v) is 6.35. The quantitative estimate of drug-likeness (QED) is 0.888. The highest BCUT2D eigenvalue weighted by atomic mass is 32.1. The smallest absolute Gasteiger partial charge is 0.239 e. The molecule has 2 aromatic rings. The van der Waals surface area contributed by atoms with E-state index in [1.54, 1.807) is 4.90 Å². The average molecular weight is 261 g/mol. The molecule has 1 aromatic carbocycles. The average Bonchev–Trinajstić information content (AvgIpc) is 2.91. The second-order valence-corrected chi connectivity index (χ2v) is 4.68. The lowest BCUT2D eigenvalue weighted by atomic mass is 10.0. The number of hydrogen-bond acceptors (Lipinski definition) is 6. The first kappa shape index (κ1) is 11.1. The molecule has 1 aliphatic rings. The monoisotopic (exact) mass is 261 g/mol. The maximum Gasteiger partial charge on any atom is 0.239 e. The number of nitrogens with zero attached hydrogens (tertiary/aromatic N) is 4. The van der Waals surface area contributed by atoms with E-state index < -0.39 is 0 Å². The van der Waals surface area contributed by atoms with Gasteiger partial charge in [0.05, 0.1) is 5.69 Å². The Bertz CT molecular complexity index is 583. The molecule has 92 valence electrons. The predicted molar refractivity (Wildman–Crippen MR) is 69.2 cm³/mol. The Kier molecular flexibility index (Phi) is 2.67. The van der Waals surface area contributed by atoms with Crippen molar-refractivity contribution in [3.63, 3.8) is 0 Å². The molecule has 0 bridgehead atoms. The summed E-state index contributed by atoms with van der Waals surface area (Å²) in [5.41, 5.74) is 3.05. The van der Waals surface area contributed by atoms with Crippen LogP contribution in [-0.2, 0) is 11.2 Å². The number of nitrogens with one attached hydrogen (secondary N) is 1. The van der Waals surface area contributed by atoms with Crippen LogP contribution in [0.5, 0.6) is 0 Å². The lowest BCUT2D eigenvalue weighted by Crippen LogP contribution is -2.30. The van der Waals surface area contributed by atoms with Crippen LogP contribution in [-0.4, -0.2) is 27.8 Å². The Morgan fingerprint density at radius 3 is 3.00 bits per heavy atom. The zero-order valence-electron chi connectivity index (χ0n) is 9.75. The van der Waals surface area contributed by atoms with Crippen molar-refractivity contribution in [1.29, 1.82) is 0 Å². The summed E-state index contributed by atoms with van der Waals surface area (Å²) < 4.78 is 3.71. The van der Waals surface area contributed by atoms with Gasteiger partial charge in [-0.2, -0.15) is 0 Å². The number of rotatable bonds is 2. The maximum absolute atomic E-state index is 12.0. The van der Waals surface area contributed by atoms with Crippen molar-refractivity contribution in [2.24, 2.45) is 0 Å². The van der Waals surface area contributed by atoms with Gasteiger partial charge in [0.25, 0.3) is 0 Å². The van der Waals surface area contributed by atoms with Crippen LogP contribution in [0.1, 0.15) is 12.0 Å². The highest BCUT2D eigenvalue weighted by Crippen LogP contribution is 2.35. The molecule has 1 amide bonds. The third-order valence-electron chi connectivity index (χ3n) is 2.95. The van der Waals surface area contributed by atoms with Gasteiger partial charge in [-0.05, 0) is 35.4 Å². The second kappa shape index (κ2) is 4.34. The van der Waals surface area contributed by atoms with E-state index in [9.17, 15) is 4.79 Å². The molecule has 7 heteroatoms. The van der Waals surface area contributed by atoms with E-state index in [0.717, 1.165) is 34.9 Å². The molecule has 0 atom stereocenters. The molecule has 2 heterocycles. The van der Waals surface area contributed by atoms with Gasteiger partial charge in [-0.3, -0.25) is 9.69 Å². The van der Waals surface area contributed by atoms with Crippen molar-refractivity contribution < 1.29 is 4.79 Å². The molecule has 1 N–H and O–H groups in total. The van der Waals surface area contributed by atoms with Gasteiger partial charge in [-0.1, -0.05) is 9.59 Å². The summed E-state index contributed by atoms with van der Waals surface area (Å²) in [5, 5.41) is 11.1. The molecule has 0 spiro atoms. The molecule has 3 rings (SSSR count). The SMILES string of the molecule is CNc1ccc2c(c1)CCC(=O)N2c1nnns1. The van der Waals surface area contributed by atoms with Crippen molar-refractivity contribution in [2.45, 2.75) is 12.8 Å². The van der Waals surface area contributed by atoms with Crippen LogP contribution in [0, 0.1) is 0 Å². The number of amides is 1. The van der Waals surface area contributed by atoms with Crippen LogP contribution < -0.4 is 10.2 Å². The number of hydrogen-bond donors (Lipinski definition) is 1. The van der Waals surface area contributed by atoms with Gasteiger partial charge in [0.1, 0.15) is 0 Å². The summed E-state index contributed by atoms with van der Waals surface area (Å²) >= 11 is 1.12. The summed E-state index contributed by atoms with van der Waals surface area (Å²) in [5.74, 6) is 0.0401. The van der Waals surface area contributed by atoms with Gasteiger partial charge in [-0.15, -0.1) is 0 Å². The van der Waals surface area contributed by atoms with Crippen LogP contribution in [0.2, 0.25) is 0 Å². The van der Waals surface area contributed by atoms with Crippen LogP contribution in [0.15, 0.2) is 18.2 Å². The standard InChI is InChI=1S/C11H11N5OS/c1-12-8-3-4-9-7(6-8)2-5-10(17)16(9)11-13-14-15-18-11/h3-4,6,12H,2,5H2,1H3. The fraction of sp³-hybridized carbons (Fsp3) is 0.273. The first-order valence-electron chi connectivity index (χ1n) is 5.58. The third-order valence-corrected chi connectivity index (χ3v) is 3.53. The molecule has 0 radical (unpaired) electrons. The van der Waals surface area contributed by atoms with Gasteiger partial charge in [0.15, 0.2) is 0 Å². The Morgan fingerprint density at radius 1 is 1.39 bits per heavy atom. The number of benzene rings is 1. The highest BCUT2D eigenvalue weighted by molar-refractivity contribution is 7.09. The Hall–Kier alpha value is -2.02. The first-order chi connectivity index (χ1) is 8.79. The summed E-state index contributed by atoms with van der Waals surface area (Å²) in [7, 11) is 1.88. The van der Waals surface area contributed by atoms with Crippen LogP contribution in [0.3, 0.4) is 0 Å². The normalized spacial score (nSPS) is 14.5. The van der Waals surface area contributed by atoms with E-state index in [-0.39, 0.29) is 5.91 Å². The van der Waals surface area contributed by atoms with Gasteiger partial charge in [0.2, 0.25) is 11.0 Å². The summed E-state index contributed by atoms with van der Waals surface area (Å²) in [4.78, 5) is 13.6. The van der Waals surface area contributed by atoms with Gasteiger partial charge >= 0.3 is 0 Å². The van der Waals surface area contributed by atoms with Crippen molar-refractivity contribution in [1.82, 2.24) is 14.8 Å². The highest BCUT2D eigenvalue weighted by Gasteiger charge is 2.28. The molecule has 18 heavy (non-hydrogen) atoms. The fourth-order valence-electron chi connectivity index (χ4n) is 2.07. The lowest BCUT2D eigenvalue weighted by molar-refractivity contribution is -0.118. The van der Waals surface area contributed by atoms with Gasteiger partial charge in [-0.25, -0.2) is 0 Å². The molecular formula is C11H11N5OS. The second-order valence-electron chi connectivity index (χ2n) is 3.97. The number of aromatic nitrogens is 3. The van der Waals surface area contributed by atoms with Crippen molar-refractivity contribution >= 4 is 33.9 Å². The lowest BCUT2D eigenvalue weighted by Gasteiger charge is -2.26. The van der Waals surface area contributed by atoms with E-state index in [0.29, 0.717) is 11.6 Å². The largest absolute Gasteiger partial charge is 0.388 e. The summed E-state index contributed by atoms with van der Waals surface area (Å²) in [6.45, 7) is 0. The number of fused-ring (bicyclic) bond motifs is 1. The van der Waals surface area contributed by atoms with Crippen molar-refractivity contribution in [3.8, 4) is 0 Å². The predicted octanol–water partition coefficient (Wildman–Crippen LogP) is 1.59. The molecule has 0 unspecified atom stereocenters. The molecule has 1 aliphatic heterocycles. The van der Waals surface area contributed by atoms with Crippen molar-refractivity contribution in [2.75, 3.05) is 17.3 Å². The number of carbonyl (C=O) groups is 1. The maximum atomic E-state index is 12.0. The van der Waals surface area contributed by atoms with E-state index in [1.807, 2.05) is 19.2 Å². The Morgan fingerprint density at radius 2 is 2.28 bits per heavy atom. The van der Waals surface area contributed by atoms with Crippen molar-refractivity contribution in [3.05, 3.63) is 23.8 Å². The zero-order chi connectivity index (χ0) is 12.5. The minimum atomic E-state index is 0.0401. The van der Waals surface area contributed by atoms with Crippen LogP contribution in [0.25, 0.3) is 0 Å². The van der Waals surface area contributed by atoms with Crippen LogP contribution >= 0.6 is 11.5 Å². The summed E-state index contributed by atoms with van der Waals surface area (Å²) in [6, 6.07) is 5.93. The fourth-order valence-corrected chi connectivity index (χ4v) is 2.57. The molecule has 0 aliphatic carbocycles. The molecule has 0 fully saturated rings.